The lowest BCUT2D eigenvalue weighted by Crippen LogP contribution is -2.31. The molecule has 1 aromatic heterocycles. The fraction of sp³-hybridized carbons (Fsp3) is 0.385. The molecule has 1 amide bonds. The van der Waals surface area contributed by atoms with Crippen LogP contribution in [0.2, 0.25) is 5.02 Å². The number of nitrogens with one attached hydrogen (secondary N) is 2. The minimum absolute atomic E-state index is 0.00131. The van der Waals surface area contributed by atoms with E-state index in [1.165, 1.54) is 12.1 Å². The lowest BCUT2D eigenvalue weighted by molar-refractivity contribution is -0.123. The van der Waals surface area contributed by atoms with Gasteiger partial charge in [0.1, 0.15) is 11.9 Å². The van der Waals surface area contributed by atoms with Gasteiger partial charge < -0.3 is 14.9 Å². The van der Waals surface area contributed by atoms with Crippen LogP contribution >= 0.6 is 23.8 Å². The van der Waals surface area contributed by atoms with E-state index in [0.29, 0.717) is 22.3 Å². The summed E-state index contributed by atoms with van der Waals surface area (Å²) in [6.07, 6.45) is 0.856. The van der Waals surface area contributed by atoms with Crippen molar-refractivity contribution in [1.82, 2.24) is 14.9 Å². The molecule has 2 N–H and O–H groups in total. The molecule has 2 rings (SSSR count). The number of imidazole rings is 1. The highest BCUT2D eigenvalue weighted by Crippen LogP contribution is 2.25. The normalized spacial score (nSPS) is 12.6. The molecular formula is C13H15ClFN3OS. The molecule has 0 spiro atoms. The second-order valence-electron chi connectivity index (χ2n) is 4.55. The second-order valence-corrected chi connectivity index (χ2v) is 5.34. The van der Waals surface area contributed by atoms with Crippen molar-refractivity contribution in [2.45, 2.75) is 26.3 Å². The first kappa shape index (κ1) is 15.0. The third kappa shape index (κ3) is 2.71. The number of aromatic amines is 1. The Morgan fingerprint density at radius 1 is 1.60 bits per heavy atom. The van der Waals surface area contributed by atoms with Gasteiger partial charge in [0, 0.05) is 12.6 Å². The van der Waals surface area contributed by atoms with Crippen molar-refractivity contribution >= 4 is 40.8 Å². The maximum atomic E-state index is 13.4. The topological polar surface area (TPSA) is 49.8 Å². The highest BCUT2D eigenvalue weighted by Gasteiger charge is 2.19. The lowest BCUT2D eigenvalue weighted by Gasteiger charge is -2.14. The molecule has 1 atom stereocenters. The fourth-order valence-corrected chi connectivity index (χ4v) is 2.54. The van der Waals surface area contributed by atoms with E-state index in [1.54, 1.807) is 11.5 Å². The Kier molecular flexibility index (Phi) is 4.45. The van der Waals surface area contributed by atoms with Crippen molar-refractivity contribution in [3.63, 3.8) is 0 Å². The average molecular weight is 316 g/mol. The number of nitrogens with zero attached hydrogens (tertiary/aromatic N) is 1. The van der Waals surface area contributed by atoms with Gasteiger partial charge in [-0.15, -0.1) is 0 Å². The second kappa shape index (κ2) is 5.93. The lowest BCUT2D eigenvalue weighted by atomic mass is 10.2. The summed E-state index contributed by atoms with van der Waals surface area (Å²) in [7, 11) is 0. The molecule has 0 radical (unpaired) electrons. The Morgan fingerprint density at radius 2 is 2.30 bits per heavy atom. The van der Waals surface area contributed by atoms with Gasteiger partial charge in [0.25, 0.3) is 0 Å². The zero-order valence-electron chi connectivity index (χ0n) is 11.2. The number of carbonyl (C=O) groups excluding carboxylic acids is 1. The Hall–Kier alpha value is -1.40. The van der Waals surface area contributed by atoms with Crippen LogP contribution in [-0.4, -0.2) is 22.0 Å². The summed E-state index contributed by atoms with van der Waals surface area (Å²) in [6, 6.07) is 2.26. The van der Waals surface area contributed by atoms with Crippen LogP contribution in [0.15, 0.2) is 12.1 Å². The predicted molar refractivity (Wildman–Crippen MR) is 80.1 cm³/mol. The Morgan fingerprint density at radius 3 is 2.95 bits per heavy atom. The van der Waals surface area contributed by atoms with Gasteiger partial charge >= 0.3 is 0 Å². The molecule has 0 bridgehead atoms. The Labute approximate surface area is 125 Å². The maximum Gasteiger partial charge on any atom is 0.242 e. The van der Waals surface area contributed by atoms with Gasteiger partial charge in [-0.2, -0.15) is 0 Å². The fourth-order valence-electron chi connectivity index (χ4n) is 2.02. The summed E-state index contributed by atoms with van der Waals surface area (Å²) < 4.78 is 15.4. The smallest absolute Gasteiger partial charge is 0.242 e. The number of hydrogen-bond donors (Lipinski definition) is 2. The molecule has 4 nitrogen and oxygen atoms in total. The number of amides is 1. The molecule has 1 unspecified atom stereocenters. The molecule has 2 aromatic rings. The van der Waals surface area contributed by atoms with Gasteiger partial charge in [-0.05, 0) is 31.6 Å². The van der Waals surface area contributed by atoms with Crippen molar-refractivity contribution in [2.75, 3.05) is 6.54 Å². The van der Waals surface area contributed by atoms with Crippen LogP contribution in [0.5, 0.6) is 0 Å². The number of halogens is 2. The average Bonchev–Trinajstić information content (AvgIpc) is 2.71. The van der Waals surface area contributed by atoms with Gasteiger partial charge in [0.05, 0.1) is 16.1 Å². The van der Waals surface area contributed by atoms with E-state index in [2.05, 4.69) is 10.3 Å². The van der Waals surface area contributed by atoms with Gasteiger partial charge in [-0.1, -0.05) is 18.5 Å². The van der Waals surface area contributed by atoms with Crippen molar-refractivity contribution < 1.29 is 9.18 Å². The van der Waals surface area contributed by atoms with Gasteiger partial charge in [0.2, 0.25) is 5.91 Å². The van der Waals surface area contributed by atoms with Crippen LogP contribution in [0.4, 0.5) is 4.39 Å². The summed E-state index contributed by atoms with van der Waals surface area (Å²) in [4.78, 5) is 14.9. The van der Waals surface area contributed by atoms with Crippen LogP contribution in [-0.2, 0) is 4.79 Å². The number of fused-ring (bicyclic) bond motifs is 1. The standard InChI is InChI=1S/C13H15ClFN3OS/c1-3-4-16-12(19)7(2)18-11-5-8(14)9(15)6-10(11)17-13(18)20/h5-7H,3-4H2,1-2H3,(H,16,19)(H,17,20). The van der Waals surface area contributed by atoms with E-state index in [0.717, 1.165) is 6.42 Å². The zero-order chi connectivity index (χ0) is 14.9. The highest BCUT2D eigenvalue weighted by molar-refractivity contribution is 7.71. The molecule has 20 heavy (non-hydrogen) atoms. The largest absolute Gasteiger partial charge is 0.354 e. The number of aromatic nitrogens is 2. The zero-order valence-corrected chi connectivity index (χ0v) is 12.7. The van der Waals surface area contributed by atoms with Crippen molar-refractivity contribution in [3.8, 4) is 0 Å². The SMILES string of the molecule is CCCNC(=O)C(C)n1c(=S)[nH]c2cc(F)c(Cl)cc21. The number of H-pyrrole nitrogens is 1. The molecule has 0 saturated heterocycles. The van der Waals surface area contributed by atoms with Crippen LogP contribution in [0, 0.1) is 10.6 Å². The van der Waals surface area contributed by atoms with E-state index in [4.69, 9.17) is 23.8 Å². The van der Waals surface area contributed by atoms with Crippen molar-refractivity contribution in [3.05, 3.63) is 27.7 Å². The Balaban J connectivity index is 2.48. The molecular weight excluding hydrogens is 301 g/mol. The van der Waals surface area contributed by atoms with E-state index in [1.807, 2.05) is 6.92 Å². The minimum Gasteiger partial charge on any atom is -0.354 e. The summed E-state index contributed by atoms with van der Waals surface area (Å²) in [5.41, 5.74) is 1.13. The maximum absolute atomic E-state index is 13.4. The molecule has 0 aliphatic carbocycles. The summed E-state index contributed by atoms with van der Waals surface area (Å²) in [6.45, 7) is 4.32. The predicted octanol–water partition coefficient (Wildman–Crippen LogP) is 3.58. The number of carbonyl (C=O) groups is 1. The molecule has 1 heterocycles. The molecule has 0 saturated carbocycles. The van der Waals surface area contributed by atoms with Crippen molar-refractivity contribution in [2.24, 2.45) is 0 Å². The molecule has 0 fully saturated rings. The van der Waals surface area contributed by atoms with Crippen LogP contribution in [0.3, 0.4) is 0 Å². The van der Waals surface area contributed by atoms with E-state index in [9.17, 15) is 9.18 Å². The molecule has 7 heteroatoms. The first-order valence-corrected chi connectivity index (χ1v) is 7.11. The molecule has 0 aliphatic heterocycles. The quantitative estimate of drug-likeness (QED) is 0.847. The molecule has 1 aromatic carbocycles. The van der Waals surface area contributed by atoms with E-state index >= 15 is 0 Å². The van der Waals surface area contributed by atoms with Crippen LogP contribution < -0.4 is 5.32 Å². The van der Waals surface area contributed by atoms with E-state index < -0.39 is 11.9 Å². The highest BCUT2D eigenvalue weighted by atomic mass is 35.5. The van der Waals surface area contributed by atoms with E-state index in [-0.39, 0.29) is 10.9 Å². The third-order valence-corrected chi connectivity index (χ3v) is 3.66. The van der Waals surface area contributed by atoms with Gasteiger partial charge in [-0.3, -0.25) is 4.79 Å². The summed E-state index contributed by atoms with van der Waals surface area (Å²) in [5.74, 6) is -0.657. The molecule has 0 aliphatic rings. The summed E-state index contributed by atoms with van der Waals surface area (Å²) >= 11 is 11.0. The minimum atomic E-state index is -0.523. The first-order chi connectivity index (χ1) is 9.45. The number of hydrogen-bond acceptors (Lipinski definition) is 2. The summed E-state index contributed by atoms with van der Waals surface area (Å²) in [5, 5.41) is 2.81. The van der Waals surface area contributed by atoms with Crippen LogP contribution in [0.25, 0.3) is 11.0 Å². The van der Waals surface area contributed by atoms with Gasteiger partial charge in [0.15, 0.2) is 4.77 Å². The van der Waals surface area contributed by atoms with Gasteiger partial charge in [-0.25, -0.2) is 4.39 Å². The molecule has 108 valence electrons. The number of benzene rings is 1. The Bertz CT molecular complexity index is 709. The van der Waals surface area contributed by atoms with Crippen LogP contribution in [0.1, 0.15) is 26.3 Å². The number of rotatable bonds is 4. The third-order valence-electron chi connectivity index (χ3n) is 3.07. The first-order valence-electron chi connectivity index (χ1n) is 6.32. The monoisotopic (exact) mass is 315 g/mol. The van der Waals surface area contributed by atoms with Crippen molar-refractivity contribution in [1.29, 1.82) is 0 Å².